The number of nitrogens with one attached hydrogen (secondary N) is 1. The smallest absolute Gasteiger partial charge is 0.295 e. The topological polar surface area (TPSA) is 96.5 Å². The second-order valence-corrected chi connectivity index (χ2v) is 5.06. The Morgan fingerprint density at radius 1 is 1.13 bits per heavy atom. The van der Waals surface area contributed by atoms with E-state index in [0.717, 1.165) is 11.1 Å². The van der Waals surface area contributed by atoms with Crippen LogP contribution in [0.15, 0.2) is 58.5 Å². The van der Waals surface area contributed by atoms with Crippen molar-refractivity contribution < 1.29 is 0 Å². The van der Waals surface area contributed by atoms with Crippen LogP contribution in [0.5, 0.6) is 0 Å². The Hall–Kier alpha value is -3.40. The highest BCUT2D eigenvalue weighted by atomic mass is 16.2. The molecule has 0 aliphatic rings. The van der Waals surface area contributed by atoms with Gasteiger partial charge in [0.2, 0.25) is 0 Å². The summed E-state index contributed by atoms with van der Waals surface area (Å²) in [5, 5.41) is 13.0. The molecule has 1 N–H and O–H groups in total. The quantitative estimate of drug-likeness (QED) is 0.767. The molecule has 0 radical (unpaired) electrons. The van der Waals surface area contributed by atoms with Crippen molar-refractivity contribution in [3.05, 3.63) is 86.5 Å². The fourth-order valence-corrected chi connectivity index (χ4v) is 2.23. The molecule has 3 aromatic rings. The Labute approximate surface area is 131 Å². The van der Waals surface area contributed by atoms with Crippen LogP contribution in [0.4, 0.5) is 0 Å². The first-order valence-electron chi connectivity index (χ1n) is 6.95. The van der Waals surface area contributed by atoms with E-state index in [1.807, 2.05) is 41.2 Å². The Kier molecular flexibility index (Phi) is 3.89. The molecule has 2 heterocycles. The van der Waals surface area contributed by atoms with Gasteiger partial charge in [-0.15, -0.1) is 0 Å². The van der Waals surface area contributed by atoms with Gasteiger partial charge in [-0.25, -0.2) is 4.79 Å². The second-order valence-electron chi connectivity index (χ2n) is 5.06. The third-order valence-corrected chi connectivity index (χ3v) is 3.41. The minimum absolute atomic E-state index is 0.0834. The molecule has 7 heteroatoms. The van der Waals surface area contributed by atoms with Crippen LogP contribution in [0, 0.1) is 11.3 Å². The van der Waals surface area contributed by atoms with Crippen LogP contribution < -0.4 is 11.2 Å². The molecule has 0 aliphatic carbocycles. The molecule has 0 fully saturated rings. The molecule has 2 aromatic heterocycles. The van der Waals surface area contributed by atoms with E-state index >= 15 is 0 Å². The van der Waals surface area contributed by atoms with E-state index in [0.29, 0.717) is 6.54 Å². The highest BCUT2D eigenvalue weighted by Crippen LogP contribution is 2.07. The predicted molar refractivity (Wildman–Crippen MR) is 82.9 cm³/mol. The summed E-state index contributed by atoms with van der Waals surface area (Å²) in [5.74, 6) is 0. The largest absolute Gasteiger partial charge is 0.328 e. The number of aromatic amines is 1. The van der Waals surface area contributed by atoms with Gasteiger partial charge in [-0.3, -0.25) is 19.0 Å². The second kappa shape index (κ2) is 6.15. The van der Waals surface area contributed by atoms with Gasteiger partial charge in [0.25, 0.3) is 5.56 Å². The van der Waals surface area contributed by atoms with Crippen molar-refractivity contribution in [1.82, 2.24) is 19.3 Å². The zero-order valence-corrected chi connectivity index (χ0v) is 12.1. The first-order chi connectivity index (χ1) is 11.2. The Morgan fingerprint density at radius 2 is 1.83 bits per heavy atom. The lowest BCUT2D eigenvalue weighted by Gasteiger charge is -2.07. The normalized spacial score (nSPS) is 10.4. The van der Waals surface area contributed by atoms with E-state index in [4.69, 9.17) is 5.26 Å². The van der Waals surface area contributed by atoms with Gasteiger partial charge >= 0.3 is 5.69 Å². The average molecular weight is 307 g/mol. The van der Waals surface area contributed by atoms with Gasteiger partial charge in [0.05, 0.1) is 13.1 Å². The van der Waals surface area contributed by atoms with Gasteiger partial charge in [0, 0.05) is 18.6 Å². The summed E-state index contributed by atoms with van der Waals surface area (Å²) in [5.41, 5.74) is 0.703. The van der Waals surface area contributed by atoms with Crippen molar-refractivity contribution in [3.63, 3.8) is 0 Å². The summed E-state index contributed by atoms with van der Waals surface area (Å²) < 4.78 is 3.13. The van der Waals surface area contributed by atoms with Crippen molar-refractivity contribution in [3.8, 4) is 6.07 Å². The summed E-state index contributed by atoms with van der Waals surface area (Å²) in [6.07, 6.45) is 4.89. The molecule has 3 rings (SSSR count). The lowest BCUT2D eigenvalue weighted by atomic mass is 10.1. The van der Waals surface area contributed by atoms with E-state index in [9.17, 15) is 9.59 Å². The Bertz CT molecular complexity index is 959. The Morgan fingerprint density at radius 3 is 2.43 bits per heavy atom. The number of hydrogen-bond acceptors (Lipinski definition) is 4. The third kappa shape index (κ3) is 3.27. The lowest BCUT2D eigenvalue weighted by molar-refractivity contribution is 0.685. The van der Waals surface area contributed by atoms with Crippen LogP contribution in [0.3, 0.4) is 0 Å². The summed E-state index contributed by atoms with van der Waals surface area (Å²) in [6, 6.07) is 11.4. The summed E-state index contributed by atoms with van der Waals surface area (Å²) in [6.45, 7) is 0.955. The van der Waals surface area contributed by atoms with Gasteiger partial charge in [-0.1, -0.05) is 24.3 Å². The van der Waals surface area contributed by atoms with E-state index in [1.165, 1.54) is 10.8 Å². The van der Waals surface area contributed by atoms with Crippen molar-refractivity contribution in [1.29, 1.82) is 5.26 Å². The fourth-order valence-electron chi connectivity index (χ4n) is 2.23. The van der Waals surface area contributed by atoms with E-state index < -0.39 is 11.2 Å². The minimum atomic E-state index is -0.664. The molecule has 1 aromatic carbocycles. The van der Waals surface area contributed by atoms with Crippen LogP contribution >= 0.6 is 0 Å². The van der Waals surface area contributed by atoms with Crippen molar-refractivity contribution in [2.45, 2.75) is 13.1 Å². The van der Waals surface area contributed by atoms with Crippen LogP contribution in [0.1, 0.15) is 16.7 Å². The maximum absolute atomic E-state index is 11.8. The number of benzene rings is 1. The average Bonchev–Trinajstić information content (AvgIpc) is 3.05. The molecule has 0 saturated carbocycles. The number of hydrogen-bond donors (Lipinski definition) is 1. The molecular weight excluding hydrogens is 294 g/mol. The molecule has 0 saturated heterocycles. The standard InChI is InChI=1S/C16H13N5O2/c17-8-14-11-20(16(23)19-15(14)22)9-12-2-4-13(5-3-12)10-21-7-1-6-18-21/h1-7,11H,9-10H2,(H,19,22,23). The molecule has 0 amide bonds. The molecule has 0 atom stereocenters. The van der Waals surface area contributed by atoms with Crippen molar-refractivity contribution in [2.75, 3.05) is 0 Å². The predicted octanol–water partition coefficient (Wildman–Crippen LogP) is 0.701. The first-order valence-corrected chi connectivity index (χ1v) is 6.95. The SMILES string of the molecule is N#Cc1cn(Cc2ccc(Cn3cccn3)cc2)c(=O)[nH]c1=O. The molecule has 7 nitrogen and oxygen atoms in total. The van der Waals surface area contributed by atoms with Gasteiger partial charge in [0.1, 0.15) is 11.6 Å². The maximum Gasteiger partial charge on any atom is 0.328 e. The summed E-state index contributed by atoms with van der Waals surface area (Å²) >= 11 is 0. The van der Waals surface area contributed by atoms with E-state index in [1.54, 1.807) is 12.3 Å². The van der Waals surface area contributed by atoms with Gasteiger partial charge in [-0.05, 0) is 17.2 Å². The summed E-state index contributed by atoms with van der Waals surface area (Å²) in [7, 11) is 0. The highest BCUT2D eigenvalue weighted by Gasteiger charge is 2.05. The molecule has 0 aliphatic heterocycles. The fraction of sp³-hybridized carbons (Fsp3) is 0.125. The zero-order chi connectivity index (χ0) is 16.2. The van der Waals surface area contributed by atoms with Crippen molar-refractivity contribution >= 4 is 0 Å². The molecule has 23 heavy (non-hydrogen) atoms. The third-order valence-electron chi connectivity index (χ3n) is 3.41. The Balaban J connectivity index is 1.80. The van der Waals surface area contributed by atoms with Crippen LogP contribution in [0.2, 0.25) is 0 Å². The molecule has 0 unspecified atom stereocenters. The van der Waals surface area contributed by atoms with Crippen LogP contribution in [-0.4, -0.2) is 19.3 Å². The zero-order valence-electron chi connectivity index (χ0n) is 12.1. The minimum Gasteiger partial charge on any atom is -0.295 e. The maximum atomic E-state index is 11.8. The monoisotopic (exact) mass is 307 g/mol. The first kappa shape index (κ1) is 14.5. The molecule has 0 bridgehead atoms. The number of aromatic nitrogens is 4. The van der Waals surface area contributed by atoms with Gasteiger partial charge in [0.15, 0.2) is 0 Å². The molecule has 114 valence electrons. The van der Waals surface area contributed by atoms with E-state index in [2.05, 4.69) is 10.1 Å². The van der Waals surface area contributed by atoms with E-state index in [-0.39, 0.29) is 12.1 Å². The number of nitrogens with zero attached hydrogens (tertiary/aromatic N) is 4. The number of H-pyrrole nitrogens is 1. The van der Waals surface area contributed by atoms with Gasteiger partial charge in [-0.2, -0.15) is 10.4 Å². The van der Waals surface area contributed by atoms with Crippen molar-refractivity contribution in [2.24, 2.45) is 0 Å². The van der Waals surface area contributed by atoms with Crippen LogP contribution in [-0.2, 0) is 13.1 Å². The highest BCUT2D eigenvalue weighted by molar-refractivity contribution is 5.25. The van der Waals surface area contributed by atoms with Gasteiger partial charge < -0.3 is 0 Å². The number of rotatable bonds is 4. The molecular formula is C16H13N5O2. The lowest BCUT2D eigenvalue weighted by Crippen LogP contribution is -2.31. The van der Waals surface area contributed by atoms with Crippen LogP contribution in [0.25, 0.3) is 0 Å². The summed E-state index contributed by atoms with van der Waals surface area (Å²) in [4.78, 5) is 25.3. The molecule has 0 spiro atoms. The number of nitriles is 1.